The molecular weight excluding hydrogens is 218 g/mol. The fourth-order valence-electron chi connectivity index (χ4n) is 2.20. The topological polar surface area (TPSA) is 26.0 Å². The number of aryl methyl sites for hydroxylation is 2. The van der Waals surface area contributed by atoms with Gasteiger partial charge in [-0.2, -0.15) is 0 Å². The van der Waals surface area contributed by atoms with Crippen LogP contribution in [-0.4, -0.2) is 6.54 Å². The molecule has 0 aliphatic rings. The first kappa shape index (κ1) is 12.8. The fraction of sp³-hybridized carbons (Fsp3) is 0.294. The van der Waals surface area contributed by atoms with E-state index in [1.165, 1.54) is 27.8 Å². The average Bonchev–Trinajstić information content (AvgIpc) is 2.37. The Labute approximate surface area is 110 Å². The summed E-state index contributed by atoms with van der Waals surface area (Å²) in [5, 5.41) is 0. The quantitative estimate of drug-likeness (QED) is 0.869. The number of nitrogens with two attached hydrogens (primary N) is 1. The van der Waals surface area contributed by atoms with E-state index in [1.807, 2.05) is 0 Å². The number of benzene rings is 2. The maximum absolute atomic E-state index is 5.56. The van der Waals surface area contributed by atoms with E-state index in [4.69, 9.17) is 5.73 Å². The molecule has 0 atom stereocenters. The van der Waals surface area contributed by atoms with Crippen LogP contribution in [0, 0.1) is 13.8 Å². The van der Waals surface area contributed by atoms with Gasteiger partial charge in [0.15, 0.2) is 0 Å². The molecule has 0 amide bonds. The van der Waals surface area contributed by atoms with Gasteiger partial charge in [-0.1, -0.05) is 48.0 Å². The van der Waals surface area contributed by atoms with Gasteiger partial charge in [-0.05, 0) is 55.5 Å². The molecule has 0 aromatic heterocycles. The Morgan fingerprint density at radius 1 is 0.889 bits per heavy atom. The smallest absolute Gasteiger partial charge is 0.00230 e. The molecule has 0 spiro atoms. The lowest BCUT2D eigenvalue weighted by atomic mass is 9.98. The van der Waals surface area contributed by atoms with Gasteiger partial charge in [0.1, 0.15) is 0 Å². The Bertz CT molecular complexity index is 512. The first-order valence-electron chi connectivity index (χ1n) is 6.53. The Hall–Kier alpha value is -1.60. The lowest BCUT2D eigenvalue weighted by Crippen LogP contribution is -2.02. The van der Waals surface area contributed by atoms with Crippen molar-refractivity contribution in [2.45, 2.75) is 26.7 Å². The summed E-state index contributed by atoms with van der Waals surface area (Å²) in [4.78, 5) is 0. The van der Waals surface area contributed by atoms with Crippen molar-refractivity contribution in [2.75, 3.05) is 6.54 Å². The molecule has 2 N–H and O–H groups in total. The summed E-state index contributed by atoms with van der Waals surface area (Å²) in [6, 6.07) is 15.5. The predicted molar refractivity (Wildman–Crippen MR) is 77.9 cm³/mol. The van der Waals surface area contributed by atoms with Crippen LogP contribution >= 0.6 is 0 Å². The molecule has 94 valence electrons. The second-order valence-electron chi connectivity index (χ2n) is 4.96. The molecular formula is C17H21N. The molecule has 0 bridgehead atoms. The fourth-order valence-corrected chi connectivity index (χ4v) is 2.20. The van der Waals surface area contributed by atoms with Gasteiger partial charge in [-0.15, -0.1) is 0 Å². The molecule has 18 heavy (non-hydrogen) atoms. The van der Waals surface area contributed by atoms with Gasteiger partial charge in [0.25, 0.3) is 0 Å². The molecule has 2 aromatic carbocycles. The highest BCUT2D eigenvalue weighted by atomic mass is 14.5. The molecule has 0 aliphatic carbocycles. The van der Waals surface area contributed by atoms with E-state index in [-0.39, 0.29) is 0 Å². The summed E-state index contributed by atoms with van der Waals surface area (Å²) in [7, 11) is 0. The Morgan fingerprint density at radius 2 is 1.56 bits per heavy atom. The molecule has 1 heteroatoms. The lowest BCUT2D eigenvalue weighted by molar-refractivity contribution is 0.966. The number of hydrogen-bond acceptors (Lipinski definition) is 1. The third-order valence-corrected chi connectivity index (χ3v) is 3.36. The van der Waals surface area contributed by atoms with E-state index in [9.17, 15) is 0 Å². The lowest BCUT2D eigenvalue weighted by Gasteiger charge is -2.08. The SMILES string of the molecule is Cc1ccc(C)c(Cc2ccc(CCN)cc2)c1. The molecule has 0 heterocycles. The zero-order valence-corrected chi connectivity index (χ0v) is 11.2. The van der Waals surface area contributed by atoms with Crippen LogP contribution in [0.3, 0.4) is 0 Å². The van der Waals surface area contributed by atoms with Crippen LogP contribution in [0.1, 0.15) is 27.8 Å². The third-order valence-electron chi connectivity index (χ3n) is 3.36. The van der Waals surface area contributed by atoms with Crippen LogP contribution in [0.5, 0.6) is 0 Å². The van der Waals surface area contributed by atoms with E-state index in [2.05, 4.69) is 56.3 Å². The minimum absolute atomic E-state index is 0.719. The van der Waals surface area contributed by atoms with Crippen molar-refractivity contribution < 1.29 is 0 Å². The molecule has 0 radical (unpaired) electrons. The zero-order valence-electron chi connectivity index (χ0n) is 11.2. The summed E-state index contributed by atoms with van der Waals surface area (Å²) in [6.45, 7) is 5.04. The van der Waals surface area contributed by atoms with Crippen molar-refractivity contribution in [3.8, 4) is 0 Å². The van der Waals surface area contributed by atoms with Crippen molar-refractivity contribution in [1.82, 2.24) is 0 Å². The van der Waals surface area contributed by atoms with Gasteiger partial charge >= 0.3 is 0 Å². The Kier molecular flexibility index (Phi) is 4.16. The average molecular weight is 239 g/mol. The highest BCUT2D eigenvalue weighted by Gasteiger charge is 2.01. The van der Waals surface area contributed by atoms with Gasteiger partial charge in [0.2, 0.25) is 0 Å². The van der Waals surface area contributed by atoms with Crippen LogP contribution in [0.4, 0.5) is 0 Å². The van der Waals surface area contributed by atoms with Crippen LogP contribution in [0.25, 0.3) is 0 Å². The van der Waals surface area contributed by atoms with Crippen LogP contribution in [-0.2, 0) is 12.8 Å². The van der Waals surface area contributed by atoms with Crippen LogP contribution < -0.4 is 5.73 Å². The van der Waals surface area contributed by atoms with Gasteiger partial charge in [-0.25, -0.2) is 0 Å². The summed E-state index contributed by atoms with van der Waals surface area (Å²) < 4.78 is 0. The van der Waals surface area contributed by atoms with Crippen molar-refractivity contribution >= 4 is 0 Å². The zero-order chi connectivity index (χ0) is 13.0. The summed E-state index contributed by atoms with van der Waals surface area (Å²) in [6.07, 6.45) is 1.97. The van der Waals surface area contributed by atoms with Crippen LogP contribution in [0.15, 0.2) is 42.5 Å². The predicted octanol–water partition coefficient (Wildman–Crippen LogP) is 3.40. The molecule has 0 aliphatic heterocycles. The highest BCUT2D eigenvalue weighted by Crippen LogP contribution is 2.16. The van der Waals surface area contributed by atoms with Crippen LogP contribution in [0.2, 0.25) is 0 Å². The van der Waals surface area contributed by atoms with Gasteiger partial charge in [-0.3, -0.25) is 0 Å². The monoisotopic (exact) mass is 239 g/mol. The van der Waals surface area contributed by atoms with Crippen molar-refractivity contribution in [1.29, 1.82) is 0 Å². The second-order valence-corrected chi connectivity index (χ2v) is 4.96. The standard InChI is InChI=1S/C17H21N/c1-13-3-4-14(2)17(11-13)12-16-7-5-15(6-8-16)9-10-18/h3-8,11H,9-10,12,18H2,1-2H3. The largest absolute Gasteiger partial charge is 0.330 e. The molecule has 0 saturated heterocycles. The molecule has 0 saturated carbocycles. The van der Waals surface area contributed by atoms with E-state index in [0.717, 1.165) is 19.4 Å². The minimum atomic E-state index is 0.719. The normalized spacial score (nSPS) is 10.6. The number of rotatable bonds is 4. The van der Waals surface area contributed by atoms with E-state index in [0.29, 0.717) is 0 Å². The van der Waals surface area contributed by atoms with E-state index >= 15 is 0 Å². The van der Waals surface area contributed by atoms with Gasteiger partial charge in [0.05, 0.1) is 0 Å². The van der Waals surface area contributed by atoms with E-state index in [1.54, 1.807) is 0 Å². The molecule has 1 nitrogen and oxygen atoms in total. The van der Waals surface area contributed by atoms with Crippen molar-refractivity contribution in [3.05, 3.63) is 70.3 Å². The maximum Gasteiger partial charge on any atom is -0.00230 e. The summed E-state index contributed by atoms with van der Waals surface area (Å²) in [5.41, 5.74) is 12.4. The second kappa shape index (κ2) is 5.83. The van der Waals surface area contributed by atoms with Gasteiger partial charge < -0.3 is 5.73 Å². The molecule has 2 rings (SSSR count). The molecule has 0 unspecified atom stereocenters. The van der Waals surface area contributed by atoms with Crippen molar-refractivity contribution in [2.24, 2.45) is 5.73 Å². The van der Waals surface area contributed by atoms with Crippen molar-refractivity contribution in [3.63, 3.8) is 0 Å². The van der Waals surface area contributed by atoms with Gasteiger partial charge in [0, 0.05) is 0 Å². The third kappa shape index (κ3) is 3.21. The number of hydrogen-bond donors (Lipinski definition) is 1. The molecule has 2 aromatic rings. The Balaban J connectivity index is 2.15. The first-order valence-corrected chi connectivity index (χ1v) is 6.53. The first-order chi connectivity index (χ1) is 8.69. The summed E-state index contributed by atoms with van der Waals surface area (Å²) >= 11 is 0. The highest BCUT2D eigenvalue weighted by molar-refractivity contribution is 5.35. The van der Waals surface area contributed by atoms with E-state index < -0.39 is 0 Å². The maximum atomic E-state index is 5.56. The Morgan fingerprint density at radius 3 is 2.22 bits per heavy atom. The molecule has 0 fully saturated rings. The summed E-state index contributed by atoms with van der Waals surface area (Å²) in [5.74, 6) is 0. The minimum Gasteiger partial charge on any atom is -0.330 e.